The zero-order valence-electron chi connectivity index (χ0n) is 5.23. The van der Waals surface area contributed by atoms with Crippen LogP contribution in [0.15, 0.2) is 0 Å². The molecule has 10 heavy (non-hydrogen) atoms. The van der Waals surface area contributed by atoms with Gasteiger partial charge in [-0.15, -0.1) is 0 Å². The SMILES string of the molecule is CC(=O)C(Br)(Br)CC(=O)O. The number of Topliss-reactive ketones (excluding diaryl/α,β-unsaturated/α-hetero) is 1. The van der Waals surface area contributed by atoms with Crippen molar-refractivity contribution < 1.29 is 14.7 Å². The predicted molar refractivity (Wildman–Crippen MR) is 43.5 cm³/mol. The van der Waals surface area contributed by atoms with Gasteiger partial charge in [0.05, 0.1) is 6.42 Å². The van der Waals surface area contributed by atoms with E-state index in [1.807, 2.05) is 0 Å². The molecule has 0 aliphatic rings. The Morgan fingerprint density at radius 1 is 1.50 bits per heavy atom. The van der Waals surface area contributed by atoms with Gasteiger partial charge in [-0.25, -0.2) is 0 Å². The van der Waals surface area contributed by atoms with E-state index >= 15 is 0 Å². The van der Waals surface area contributed by atoms with Gasteiger partial charge >= 0.3 is 5.97 Å². The topological polar surface area (TPSA) is 54.4 Å². The minimum atomic E-state index is -1.09. The largest absolute Gasteiger partial charge is 0.481 e. The summed E-state index contributed by atoms with van der Waals surface area (Å²) in [5.74, 6) is -1.28. The lowest BCUT2D eigenvalue weighted by atomic mass is 10.2. The average Bonchev–Trinajstić information content (AvgIpc) is 1.60. The second-order valence-electron chi connectivity index (χ2n) is 1.83. The van der Waals surface area contributed by atoms with Gasteiger partial charge in [-0.3, -0.25) is 9.59 Å². The van der Waals surface area contributed by atoms with Gasteiger partial charge in [0.2, 0.25) is 0 Å². The van der Waals surface area contributed by atoms with Crippen molar-refractivity contribution in [3.63, 3.8) is 0 Å². The molecule has 0 rings (SSSR count). The third-order valence-corrected chi connectivity index (χ3v) is 2.57. The van der Waals surface area contributed by atoms with Crippen LogP contribution in [0.4, 0.5) is 0 Å². The lowest BCUT2D eigenvalue weighted by Gasteiger charge is -2.12. The van der Waals surface area contributed by atoms with Crippen LogP contribution in [0, 0.1) is 0 Å². The third kappa shape index (κ3) is 3.31. The van der Waals surface area contributed by atoms with E-state index < -0.39 is 9.20 Å². The second kappa shape index (κ2) is 3.48. The van der Waals surface area contributed by atoms with Gasteiger partial charge in [0, 0.05) is 0 Å². The highest BCUT2D eigenvalue weighted by molar-refractivity contribution is 9.25. The summed E-state index contributed by atoms with van der Waals surface area (Å²) in [6.07, 6.45) is -0.262. The molecule has 5 heteroatoms. The van der Waals surface area contributed by atoms with Gasteiger partial charge in [0.25, 0.3) is 0 Å². The monoisotopic (exact) mass is 272 g/mol. The highest BCUT2D eigenvalue weighted by atomic mass is 79.9. The molecule has 0 radical (unpaired) electrons. The molecule has 1 N–H and O–H groups in total. The molecule has 0 unspecified atom stereocenters. The Kier molecular flexibility index (Phi) is 3.51. The summed E-state index contributed by atoms with van der Waals surface area (Å²) in [6, 6.07) is 0. The maximum Gasteiger partial charge on any atom is 0.306 e. The highest BCUT2D eigenvalue weighted by Gasteiger charge is 2.31. The molecule has 0 saturated carbocycles. The summed E-state index contributed by atoms with van der Waals surface area (Å²) in [7, 11) is 0. The number of carbonyl (C=O) groups excluding carboxylic acids is 1. The normalized spacial score (nSPS) is 11.1. The molecule has 0 heterocycles. The Morgan fingerprint density at radius 3 is 2.00 bits per heavy atom. The van der Waals surface area contributed by atoms with Crippen LogP contribution in [0.5, 0.6) is 0 Å². The summed E-state index contributed by atoms with van der Waals surface area (Å²) in [5, 5.41) is 8.29. The van der Waals surface area contributed by atoms with Crippen LogP contribution in [0.25, 0.3) is 0 Å². The van der Waals surface area contributed by atoms with Gasteiger partial charge in [-0.05, 0) is 6.92 Å². The summed E-state index contributed by atoms with van der Waals surface area (Å²) in [4.78, 5) is 20.8. The first-order valence-corrected chi connectivity index (χ1v) is 4.05. The Hall–Kier alpha value is 0.1000. The van der Waals surface area contributed by atoms with Gasteiger partial charge < -0.3 is 5.11 Å². The number of carboxylic acid groups (broad SMARTS) is 1. The fraction of sp³-hybridized carbons (Fsp3) is 0.600. The zero-order chi connectivity index (χ0) is 8.36. The molecule has 0 atom stereocenters. The fourth-order valence-corrected chi connectivity index (χ4v) is 0.794. The minimum Gasteiger partial charge on any atom is -0.481 e. The Bertz CT molecular complexity index is 164. The lowest BCUT2D eigenvalue weighted by Crippen LogP contribution is -2.25. The molecular weight excluding hydrogens is 268 g/mol. The molecule has 0 aromatic carbocycles. The number of carbonyl (C=O) groups is 2. The molecule has 0 saturated heterocycles. The lowest BCUT2D eigenvalue weighted by molar-refractivity contribution is -0.138. The van der Waals surface area contributed by atoms with E-state index in [0.717, 1.165) is 0 Å². The van der Waals surface area contributed by atoms with E-state index in [2.05, 4.69) is 31.9 Å². The summed E-state index contributed by atoms with van der Waals surface area (Å²) < 4.78 is -1.09. The van der Waals surface area contributed by atoms with Crippen molar-refractivity contribution in [2.24, 2.45) is 0 Å². The maximum atomic E-state index is 10.6. The molecule has 0 bridgehead atoms. The Morgan fingerprint density at radius 2 is 1.90 bits per heavy atom. The van der Waals surface area contributed by atoms with Gasteiger partial charge in [0.1, 0.15) is 3.23 Å². The molecule has 0 fully saturated rings. The van der Waals surface area contributed by atoms with Crippen LogP contribution < -0.4 is 0 Å². The second-order valence-corrected chi connectivity index (χ2v) is 5.60. The number of alkyl halides is 2. The maximum absolute atomic E-state index is 10.6. The van der Waals surface area contributed by atoms with Crippen molar-refractivity contribution in [1.82, 2.24) is 0 Å². The number of rotatable bonds is 3. The Labute approximate surface area is 75.1 Å². The molecule has 0 aliphatic carbocycles. The first-order valence-electron chi connectivity index (χ1n) is 2.47. The van der Waals surface area contributed by atoms with Crippen molar-refractivity contribution >= 4 is 43.6 Å². The van der Waals surface area contributed by atoms with Crippen molar-refractivity contribution in [3.05, 3.63) is 0 Å². The van der Waals surface area contributed by atoms with E-state index in [9.17, 15) is 9.59 Å². The van der Waals surface area contributed by atoms with E-state index in [1.54, 1.807) is 0 Å². The third-order valence-electron chi connectivity index (χ3n) is 0.888. The molecule has 0 aromatic rings. The quantitative estimate of drug-likeness (QED) is 0.794. The molecular formula is C5H6Br2O3. The van der Waals surface area contributed by atoms with E-state index in [-0.39, 0.29) is 12.2 Å². The van der Waals surface area contributed by atoms with Crippen LogP contribution >= 0.6 is 31.9 Å². The minimum absolute atomic E-state index is 0.255. The molecule has 0 spiro atoms. The number of aliphatic carboxylic acids is 1. The predicted octanol–water partition coefficient (Wildman–Crippen LogP) is 1.54. The van der Waals surface area contributed by atoms with Gasteiger partial charge in [-0.2, -0.15) is 0 Å². The molecule has 0 aromatic heterocycles. The fourth-order valence-electron chi connectivity index (χ4n) is 0.314. The first-order chi connectivity index (χ1) is 4.36. The van der Waals surface area contributed by atoms with Crippen molar-refractivity contribution in [1.29, 1.82) is 0 Å². The van der Waals surface area contributed by atoms with Crippen molar-refractivity contribution in [2.45, 2.75) is 16.6 Å². The van der Waals surface area contributed by atoms with Gasteiger partial charge in [0.15, 0.2) is 5.78 Å². The number of hydrogen-bond donors (Lipinski definition) is 1. The number of hydrogen-bond acceptors (Lipinski definition) is 2. The highest BCUT2D eigenvalue weighted by Crippen LogP contribution is 2.30. The standard InChI is InChI=1S/C5H6Br2O3/c1-3(8)5(6,7)2-4(9)10/h2H2,1H3,(H,9,10). The zero-order valence-corrected chi connectivity index (χ0v) is 8.40. The van der Waals surface area contributed by atoms with E-state index in [4.69, 9.17) is 5.11 Å². The van der Waals surface area contributed by atoms with Crippen LogP contribution in [0.3, 0.4) is 0 Å². The average molecular weight is 274 g/mol. The van der Waals surface area contributed by atoms with Gasteiger partial charge in [-0.1, -0.05) is 31.9 Å². The molecule has 0 amide bonds. The Balaban J connectivity index is 4.13. The van der Waals surface area contributed by atoms with Crippen LogP contribution in [-0.2, 0) is 9.59 Å². The smallest absolute Gasteiger partial charge is 0.306 e. The van der Waals surface area contributed by atoms with E-state index in [0.29, 0.717) is 0 Å². The van der Waals surface area contributed by atoms with E-state index in [1.165, 1.54) is 6.92 Å². The van der Waals surface area contributed by atoms with Crippen LogP contribution in [0.2, 0.25) is 0 Å². The number of halogens is 2. The first kappa shape index (κ1) is 10.1. The molecule has 0 aliphatic heterocycles. The van der Waals surface area contributed by atoms with Crippen molar-refractivity contribution in [3.8, 4) is 0 Å². The molecule has 3 nitrogen and oxygen atoms in total. The number of carboxylic acids is 1. The summed E-state index contributed by atoms with van der Waals surface area (Å²) in [6.45, 7) is 1.31. The summed E-state index contributed by atoms with van der Waals surface area (Å²) >= 11 is 5.87. The molecule has 58 valence electrons. The summed E-state index contributed by atoms with van der Waals surface area (Å²) in [5.41, 5.74) is 0. The van der Waals surface area contributed by atoms with Crippen molar-refractivity contribution in [2.75, 3.05) is 0 Å². The van der Waals surface area contributed by atoms with Crippen LogP contribution in [-0.4, -0.2) is 20.1 Å². The van der Waals surface area contributed by atoms with Crippen LogP contribution in [0.1, 0.15) is 13.3 Å². The number of ketones is 1.